The van der Waals surface area contributed by atoms with Crippen molar-refractivity contribution in [1.29, 1.82) is 0 Å². The topological polar surface area (TPSA) is 160 Å². The zero-order chi connectivity index (χ0) is 28.9. The van der Waals surface area contributed by atoms with E-state index >= 15 is 0 Å². The molecular weight excluding hydrogens is 533 g/mol. The highest BCUT2D eigenvalue weighted by Gasteiger charge is 2.21. The number of carbonyl (C=O) groups is 1. The molecule has 1 aliphatic heterocycles. The summed E-state index contributed by atoms with van der Waals surface area (Å²) in [5, 5.41) is 4.33. The van der Waals surface area contributed by atoms with Crippen LogP contribution in [-0.4, -0.2) is 113 Å². The second-order valence-corrected chi connectivity index (χ2v) is 9.92. The molecule has 1 aliphatic rings. The Morgan fingerprint density at radius 2 is 1.93 bits per heavy atom. The number of likely N-dealkylation sites (N-methyl/N-ethyl adjacent to an activating group) is 2. The van der Waals surface area contributed by atoms with Crippen LogP contribution < -0.4 is 26.0 Å². The Labute approximate surface area is 236 Å². The first kappa shape index (κ1) is 28.0. The van der Waals surface area contributed by atoms with Gasteiger partial charge in [0.2, 0.25) is 23.6 Å². The quantitative estimate of drug-likeness (QED) is 0.245. The molecule has 0 spiro atoms. The number of hydrogen-bond donors (Lipinski definition) is 2. The number of aromatic nitrogens is 5. The molecule has 4 N–H and O–H groups in total. The number of nitrogens with zero attached hydrogens (tertiary/aromatic N) is 9. The van der Waals surface area contributed by atoms with Crippen molar-refractivity contribution in [3.8, 4) is 17.3 Å². The van der Waals surface area contributed by atoms with E-state index in [1.165, 1.54) is 10.6 Å². The summed E-state index contributed by atoms with van der Waals surface area (Å²) < 4.78 is 27.3. The van der Waals surface area contributed by atoms with Gasteiger partial charge in [-0.1, -0.05) is 0 Å². The monoisotopic (exact) mass is 567 g/mol. The van der Waals surface area contributed by atoms with Gasteiger partial charge in [0, 0.05) is 58.9 Å². The Bertz CT molecular complexity index is 1470. The lowest BCUT2D eigenvalue weighted by Gasteiger charge is -2.36. The third kappa shape index (κ3) is 6.81. The minimum atomic E-state index is -0.403. The number of rotatable bonds is 12. The molecule has 5 rings (SSSR count). The maximum absolute atomic E-state index is 14.9. The molecule has 0 radical (unpaired) electrons. The average molecular weight is 568 g/mol. The van der Waals surface area contributed by atoms with Crippen molar-refractivity contribution in [2.24, 2.45) is 5.73 Å². The van der Waals surface area contributed by atoms with Crippen molar-refractivity contribution in [1.82, 2.24) is 34.4 Å². The first-order valence-electron chi connectivity index (χ1n) is 13.3. The number of ether oxygens (including phenoxy) is 1. The summed E-state index contributed by atoms with van der Waals surface area (Å²) in [6.45, 7) is 5.40. The summed E-state index contributed by atoms with van der Waals surface area (Å²) in [4.78, 5) is 32.3. The Morgan fingerprint density at radius 1 is 1.12 bits per heavy atom. The van der Waals surface area contributed by atoms with E-state index in [9.17, 15) is 9.18 Å². The molecule has 1 saturated heterocycles. The molecule has 1 aromatic carbocycles. The van der Waals surface area contributed by atoms with Crippen molar-refractivity contribution in [3.05, 3.63) is 42.4 Å². The molecule has 1 fully saturated rings. The van der Waals surface area contributed by atoms with Gasteiger partial charge in [-0.2, -0.15) is 19.5 Å². The standard InChI is InChI=1S/C26H34FN11O3/c1-34(17-22(28)39)13-15-40-18-5-6-20(19(27)16-18)37-11-9-36(10-12-37)8-7-35(2)25-31-24(29)38-26(32-25)30-23(33-38)21-4-3-14-41-21/h3-6,14,16H,7-13,15,17H2,1-2H3,(H2,28,39)(H2,29,30,31,32,33). The zero-order valence-electron chi connectivity index (χ0n) is 23.1. The van der Waals surface area contributed by atoms with Crippen LogP contribution in [-0.2, 0) is 4.79 Å². The highest BCUT2D eigenvalue weighted by Crippen LogP contribution is 2.25. The predicted molar refractivity (Wildman–Crippen MR) is 151 cm³/mol. The van der Waals surface area contributed by atoms with Crippen LogP contribution in [0.25, 0.3) is 17.4 Å². The summed E-state index contributed by atoms with van der Waals surface area (Å²) in [6.07, 6.45) is 1.55. The smallest absolute Gasteiger partial charge is 0.259 e. The number of amides is 1. The molecule has 0 atom stereocenters. The number of fused-ring (bicyclic) bond motifs is 1. The van der Waals surface area contributed by atoms with E-state index in [2.05, 4.69) is 25.0 Å². The molecule has 1 amide bonds. The van der Waals surface area contributed by atoms with Crippen LogP contribution in [0.3, 0.4) is 0 Å². The number of piperazine rings is 1. The number of nitrogens with two attached hydrogens (primary N) is 2. The summed E-state index contributed by atoms with van der Waals surface area (Å²) in [5.41, 5.74) is 11.9. The minimum Gasteiger partial charge on any atom is -0.492 e. The van der Waals surface area contributed by atoms with E-state index < -0.39 is 5.91 Å². The number of anilines is 3. The first-order valence-corrected chi connectivity index (χ1v) is 13.3. The average Bonchev–Trinajstić information content (AvgIpc) is 3.62. The van der Waals surface area contributed by atoms with Crippen molar-refractivity contribution >= 4 is 29.3 Å². The number of halogens is 1. The van der Waals surface area contributed by atoms with Gasteiger partial charge in [0.05, 0.1) is 18.5 Å². The van der Waals surface area contributed by atoms with Crippen LogP contribution in [0.2, 0.25) is 0 Å². The lowest BCUT2D eigenvalue weighted by Crippen LogP contribution is -2.48. The van der Waals surface area contributed by atoms with Gasteiger partial charge in [-0.3, -0.25) is 14.6 Å². The Kier molecular flexibility index (Phi) is 8.45. The zero-order valence-corrected chi connectivity index (χ0v) is 23.1. The number of primary amides is 1. The van der Waals surface area contributed by atoms with E-state index in [-0.39, 0.29) is 18.3 Å². The molecule has 14 nitrogen and oxygen atoms in total. The van der Waals surface area contributed by atoms with Gasteiger partial charge in [-0.25, -0.2) is 4.39 Å². The SMILES string of the molecule is CN(CCOc1ccc(N2CCN(CCN(C)c3nc(N)n4nc(-c5ccco5)nc4n3)CC2)c(F)c1)CC(N)=O. The lowest BCUT2D eigenvalue weighted by atomic mass is 10.2. The normalized spacial score (nSPS) is 14.2. The molecule has 4 heterocycles. The predicted octanol–water partition coefficient (Wildman–Crippen LogP) is 0.555. The summed E-state index contributed by atoms with van der Waals surface area (Å²) >= 11 is 0. The van der Waals surface area contributed by atoms with Crippen LogP contribution >= 0.6 is 0 Å². The van der Waals surface area contributed by atoms with Crippen LogP contribution in [0, 0.1) is 5.82 Å². The van der Waals surface area contributed by atoms with Crippen molar-refractivity contribution in [3.63, 3.8) is 0 Å². The van der Waals surface area contributed by atoms with Crippen LogP contribution in [0.4, 0.5) is 22.0 Å². The molecule has 3 aromatic heterocycles. The number of nitrogen functional groups attached to an aromatic ring is 1. The van der Waals surface area contributed by atoms with Gasteiger partial charge in [0.15, 0.2) is 5.76 Å². The fraction of sp³-hybridized carbons (Fsp3) is 0.423. The molecule has 41 heavy (non-hydrogen) atoms. The van der Waals surface area contributed by atoms with E-state index in [0.29, 0.717) is 67.5 Å². The summed E-state index contributed by atoms with van der Waals surface area (Å²) in [7, 11) is 3.68. The van der Waals surface area contributed by atoms with E-state index in [0.717, 1.165) is 19.6 Å². The maximum atomic E-state index is 14.9. The maximum Gasteiger partial charge on any atom is 0.259 e. The molecule has 15 heteroatoms. The van der Waals surface area contributed by atoms with Crippen molar-refractivity contribution < 1.29 is 18.3 Å². The van der Waals surface area contributed by atoms with E-state index in [4.69, 9.17) is 20.6 Å². The number of carbonyl (C=O) groups excluding carboxylic acids is 1. The molecular formula is C26H34FN11O3. The lowest BCUT2D eigenvalue weighted by molar-refractivity contribution is -0.118. The summed E-state index contributed by atoms with van der Waals surface area (Å²) in [6, 6.07) is 8.45. The third-order valence-corrected chi connectivity index (χ3v) is 6.86. The van der Waals surface area contributed by atoms with E-state index in [1.54, 1.807) is 42.5 Å². The van der Waals surface area contributed by atoms with Crippen LogP contribution in [0.5, 0.6) is 5.75 Å². The second kappa shape index (κ2) is 12.3. The third-order valence-electron chi connectivity index (χ3n) is 6.86. The van der Waals surface area contributed by atoms with Gasteiger partial charge < -0.3 is 30.4 Å². The fourth-order valence-corrected chi connectivity index (χ4v) is 4.58. The molecule has 218 valence electrons. The van der Waals surface area contributed by atoms with Crippen molar-refractivity contribution in [2.45, 2.75) is 0 Å². The highest BCUT2D eigenvalue weighted by atomic mass is 19.1. The van der Waals surface area contributed by atoms with Gasteiger partial charge >= 0.3 is 0 Å². The number of benzene rings is 1. The fourth-order valence-electron chi connectivity index (χ4n) is 4.58. The Balaban J connectivity index is 1.10. The van der Waals surface area contributed by atoms with Gasteiger partial charge in [-0.05, 0) is 31.3 Å². The first-order chi connectivity index (χ1) is 19.8. The van der Waals surface area contributed by atoms with Gasteiger partial charge in [-0.15, -0.1) is 5.10 Å². The Hall–Kier alpha value is -4.50. The Morgan fingerprint density at radius 3 is 2.63 bits per heavy atom. The minimum absolute atomic E-state index is 0.147. The number of hydrogen-bond acceptors (Lipinski definition) is 12. The highest BCUT2D eigenvalue weighted by molar-refractivity contribution is 5.75. The molecule has 0 aliphatic carbocycles. The van der Waals surface area contributed by atoms with E-state index in [1.807, 2.05) is 16.8 Å². The molecule has 0 saturated carbocycles. The van der Waals surface area contributed by atoms with Crippen LogP contribution in [0.1, 0.15) is 0 Å². The number of furan rings is 1. The molecule has 0 unspecified atom stereocenters. The van der Waals surface area contributed by atoms with Gasteiger partial charge in [0.25, 0.3) is 5.78 Å². The summed E-state index contributed by atoms with van der Waals surface area (Å²) in [5.74, 6) is 1.61. The molecule has 0 bridgehead atoms. The molecule has 4 aromatic rings. The largest absolute Gasteiger partial charge is 0.492 e. The second-order valence-electron chi connectivity index (χ2n) is 9.92. The van der Waals surface area contributed by atoms with Crippen molar-refractivity contribution in [2.75, 3.05) is 88.6 Å². The van der Waals surface area contributed by atoms with Gasteiger partial charge in [0.1, 0.15) is 18.2 Å². The van der Waals surface area contributed by atoms with Crippen LogP contribution in [0.15, 0.2) is 41.0 Å².